The molecule has 1 radical (unpaired) electrons. The van der Waals surface area contributed by atoms with Gasteiger partial charge in [0, 0.05) is 69.3 Å². The number of benzene rings is 1. The average Bonchev–Trinajstić information content (AvgIpc) is 3.80. The van der Waals surface area contributed by atoms with Gasteiger partial charge in [0.15, 0.2) is 5.78 Å². The van der Waals surface area contributed by atoms with Gasteiger partial charge in [-0.3, -0.25) is 9.78 Å². The zero-order valence-corrected chi connectivity index (χ0v) is 34.2. The first-order valence-electron chi connectivity index (χ1n) is 16.9. The van der Waals surface area contributed by atoms with Gasteiger partial charge < -0.3 is 5.11 Å². The van der Waals surface area contributed by atoms with Crippen LogP contribution < -0.4 is 0 Å². The molecule has 0 saturated heterocycles. The van der Waals surface area contributed by atoms with Gasteiger partial charge in [0.25, 0.3) is 0 Å². The molecule has 1 aromatic carbocycles. The first-order valence-corrected chi connectivity index (χ1v) is 19.5. The molecule has 4 aromatic rings. The first kappa shape index (κ1) is 37.9. The number of ketones is 1. The Balaban J connectivity index is 0.000000242. The minimum absolute atomic E-state index is 0. The van der Waals surface area contributed by atoms with Gasteiger partial charge in [-0.25, -0.2) is 11.3 Å². The Morgan fingerprint density at radius 3 is 2.32 bits per heavy atom. The van der Waals surface area contributed by atoms with E-state index in [4.69, 9.17) is 4.98 Å². The van der Waals surface area contributed by atoms with Crippen LogP contribution in [0.5, 0.6) is 0 Å². The Morgan fingerprint density at radius 1 is 1.00 bits per heavy atom. The molecular weight excluding hydrogens is 815 g/mol. The van der Waals surface area contributed by atoms with E-state index in [9.17, 15) is 9.90 Å². The number of aliphatic hydroxyl groups is 1. The minimum atomic E-state index is -0.337. The summed E-state index contributed by atoms with van der Waals surface area (Å²) in [6.45, 7) is 19.0. The van der Waals surface area contributed by atoms with Crippen molar-refractivity contribution in [3.05, 3.63) is 81.9 Å². The number of allylic oxidation sites excluding steroid dienone is 4. The van der Waals surface area contributed by atoms with Gasteiger partial charge >= 0.3 is 0 Å². The summed E-state index contributed by atoms with van der Waals surface area (Å²) in [6, 6.07) is 9.13. The second-order valence-electron chi connectivity index (χ2n) is 14.3. The van der Waals surface area contributed by atoms with Crippen LogP contribution in [0.15, 0.2) is 58.6 Å². The van der Waals surface area contributed by atoms with E-state index in [1.807, 2.05) is 82.2 Å². The summed E-state index contributed by atoms with van der Waals surface area (Å²) in [5.41, 5.74) is 5.10. The van der Waals surface area contributed by atoms with E-state index in [1.54, 1.807) is 5.56 Å². The third-order valence-corrected chi connectivity index (χ3v) is 13.9. The van der Waals surface area contributed by atoms with E-state index in [0.29, 0.717) is 0 Å². The maximum absolute atomic E-state index is 12.2. The van der Waals surface area contributed by atoms with E-state index in [0.717, 1.165) is 25.7 Å². The number of hydrogen-bond donors (Lipinski definition) is 1. The van der Waals surface area contributed by atoms with Gasteiger partial charge in [0.1, 0.15) is 5.76 Å². The molecule has 0 amide bonds. The van der Waals surface area contributed by atoms with Crippen molar-refractivity contribution >= 4 is 66.0 Å². The quantitative estimate of drug-likeness (QED) is 0.109. The van der Waals surface area contributed by atoms with E-state index >= 15 is 0 Å². The van der Waals surface area contributed by atoms with Gasteiger partial charge in [0.2, 0.25) is 0 Å². The fraction of sp³-hybridized carbons (Fsp3) is 0.475. The van der Waals surface area contributed by atoms with Crippen LogP contribution in [0.1, 0.15) is 116 Å². The summed E-state index contributed by atoms with van der Waals surface area (Å²) in [4.78, 5) is 20.0. The van der Waals surface area contributed by atoms with Crippen LogP contribution in [-0.4, -0.2) is 21.6 Å². The number of aromatic nitrogens is 1. The monoisotopic (exact) mass is 865 g/mol. The number of aryl methyl sites for hydroxylation is 1. The summed E-state index contributed by atoms with van der Waals surface area (Å²) in [7, 11) is 0. The standard InChI is InChI=1S/C25H22NS3.C15H28O2.Ir/c1-25(2,3)18-13-15(12-14-7-10-28-23(14)18)22-24-17(6-9-26-22)21-16-8-11-27-19(16)4-5-20(21)29-24;1-7-14(5,8-2)12(16)11-13(17)15(6,9-3)10-4;/h4-7,9-10,12-13,15H,8,11H2,1-3H3;11,16H,7-10H2,1-6H3;/q-1;;/b;12-11-;. The molecule has 7 heteroatoms. The molecule has 1 unspecified atom stereocenters. The predicted octanol–water partition coefficient (Wildman–Crippen LogP) is 12.6. The fourth-order valence-electron chi connectivity index (χ4n) is 6.35. The molecule has 1 atom stereocenters. The van der Waals surface area contributed by atoms with Crippen LogP contribution in [0.3, 0.4) is 0 Å². The van der Waals surface area contributed by atoms with Crippen molar-refractivity contribution in [1.29, 1.82) is 0 Å². The van der Waals surface area contributed by atoms with Gasteiger partial charge in [-0.1, -0.05) is 84.2 Å². The summed E-state index contributed by atoms with van der Waals surface area (Å²) >= 11 is 5.78. The largest absolute Gasteiger partial charge is 0.512 e. The van der Waals surface area contributed by atoms with Crippen LogP contribution in [0.2, 0.25) is 0 Å². The van der Waals surface area contributed by atoms with Gasteiger partial charge in [-0.05, 0) is 67.2 Å². The normalized spacial score (nSPS) is 16.5. The molecule has 0 spiro atoms. The molecule has 0 fully saturated rings. The third kappa shape index (κ3) is 7.36. The van der Waals surface area contributed by atoms with E-state index < -0.39 is 0 Å². The average molecular weight is 865 g/mol. The zero-order chi connectivity index (χ0) is 33.4. The second-order valence-corrected chi connectivity index (χ2v) is 17.5. The molecule has 1 aliphatic carbocycles. The van der Waals surface area contributed by atoms with Crippen molar-refractivity contribution in [3.8, 4) is 0 Å². The Kier molecular flexibility index (Phi) is 12.0. The van der Waals surface area contributed by atoms with Crippen LogP contribution in [-0.2, 0) is 31.3 Å². The van der Waals surface area contributed by atoms with Crippen molar-refractivity contribution in [2.75, 3.05) is 5.75 Å². The summed E-state index contributed by atoms with van der Waals surface area (Å²) in [5, 5.41) is 15.2. The Labute approximate surface area is 308 Å². The topological polar surface area (TPSA) is 50.2 Å². The SMILES string of the molecule is CC(C)(C)C1=CC(c2nccc3c2sc2ccc4c(c23)CCS4)[CH-]c2ccsc21.CCC(C)(CC)C(=O)/C=C(\O)C(C)(CC)CC.[Ir]. The van der Waals surface area contributed by atoms with Crippen molar-refractivity contribution in [2.24, 2.45) is 16.2 Å². The van der Waals surface area contributed by atoms with Crippen LogP contribution >= 0.6 is 34.4 Å². The number of pyridine rings is 1. The van der Waals surface area contributed by atoms with Crippen LogP contribution in [0.4, 0.5) is 0 Å². The second kappa shape index (κ2) is 14.9. The molecular formula is C40H50IrNO2S3-. The smallest absolute Gasteiger partial charge is 0.164 e. The number of nitrogens with zero attached hydrogens (tertiary/aromatic N) is 1. The molecule has 0 bridgehead atoms. The van der Waals surface area contributed by atoms with Crippen molar-refractivity contribution in [1.82, 2.24) is 4.98 Å². The maximum Gasteiger partial charge on any atom is 0.164 e. The molecule has 3 nitrogen and oxygen atoms in total. The molecule has 3 aromatic heterocycles. The maximum atomic E-state index is 12.2. The third-order valence-electron chi connectivity index (χ3n) is 10.6. The van der Waals surface area contributed by atoms with Crippen molar-refractivity contribution in [3.63, 3.8) is 0 Å². The molecule has 4 heterocycles. The number of rotatable bonds is 8. The minimum Gasteiger partial charge on any atom is -0.512 e. The van der Waals surface area contributed by atoms with Crippen LogP contribution in [0, 0.1) is 22.7 Å². The zero-order valence-electron chi connectivity index (χ0n) is 29.4. The van der Waals surface area contributed by atoms with E-state index in [1.165, 1.54) is 65.0 Å². The Hall–Kier alpha value is -1.89. The summed E-state index contributed by atoms with van der Waals surface area (Å²) in [6.07, 6.45) is 12.8. The van der Waals surface area contributed by atoms with Crippen LogP contribution in [0.25, 0.3) is 25.7 Å². The summed E-state index contributed by atoms with van der Waals surface area (Å²) < 4.78 is 2.76. The molecule has 47 heavy (non-hydrogen) atoms. The number of fused-ring (bicyclic) bond motifs is 6. The van der Waals surface area contributed by atoms with Crippen molar-refractivity contribution in [2.45, 2.75) is 105 Å². The van der Waals surface area contributed by atoms with E-state index in [-0.39, 0.29) is 53.8 Å². The molecule has 255 valence electrons. The number of thiophene rings is 2. The van der Waals surface area contributed by atoms with Gasteiger partial charge in [0.05, 0.1) is 10.4 Å². The van der Waals surface area contributed by atoms with Crippen molar-refractivity contribution < 1.29 is 30.0 Å². The summed E-state index contributed by atoms with van der Waals surface area (Å²) in [5.74, 6) is 1.72. The number of aliphatic hydroxyl groups excluding tert-OH is 1. The Bertz CT molecular complexity index is 1800. The molecule has 2 aliphatic rings. The van der Waals surface area contributed by atoms with Gasteiger partial charge in [-0.2, -0.15) is 18.1 Å². The van der Waals surface area contributed by atoms with E-state index in [2.05, 4.69) is 62.9 Å². The molecule has 1 aliphatic heterocycles. The number of carbonyl (C=O) groups is 1. The number of carbonyl (C=O) groups excluding carboxylic acids is 1. The number of thioether (sulfide) groups is 1. The molecule has 0 saturated carbocycles. The van der Waals surface area contributed by atoms with Gasteiger partial charge in [-0.15, -0.1) is 23.1 Å². The molecule has 1 N–H and O–H groups in total. The Morgan fingerprint density at radius 2 is 1.68 bits per heavy atom. The fourth-order valence-corrected chi connectivity index (χ4v) is 9.81. The number of hydrogen-bond acceptors (Lipinski definition) is 6. The predicted molar refractivity (Wildman–Crippen MR) is 203 cm³/mol. The first-order chi connectivity index (χ1) is 21.8. The molecule has 6 rings (SSSR count).